The van der Waals surface area contributed by atoms with E-state index < -0.39 is 22.0 Å². The lowest BCUT2D eigenvalue weighted by atomic mass is 10.2. The molecule has 1 N–H and O–H groups in total. The van der Waals surface area contributed by atoms with Crippen LogP contribution in [0.4, 0.5) is 0 Å². The van der Waals surface area contributed by atoms with Gasteiger partial charge in [-0.3, -0.25) is 0 Å². The zero-order chi connectivity index (χ0) is 19.2. The van der Waals surface area contributed by atoms with Crippen LogP contribution in [0.5, 0.6) is 0 Å². The van der Waals surface area contributed by atoms with Gasteiger partial charge in [-0.05, 0) is 32.9 Å². The molecule has 0 bridgehead atoms. The molecule has 138 valence electrons. The summed E-state index contributed by atoms with van der Waals surface area (Å²) in [4.78, 5) is 11.2. The minimum Gasteiger partial charge on any atom is -0.478 e. The second kappa shape index (κ2) is 6.30. The van der Waals surface area contributed by atoms with Crippen LogP contribution in [0, 0.1) is 13.8 Å². The molecular formula is C18H19NO6S. The highest BCUT2D eigenvalue weighted by atomic mass is 32.2. The monoisotopic (exact) mass is 377 g/mol. The second-order valence-electron chi connectivity index (χ2n) is 6.11. The van der Waals surface area contributed by atoms with E-state index in [4.69, 9.17) is 8.83 Å². The third-order valence-corrected chi connectivity index (χ3v) is 6.54. The number of benzene rings is 1. The zero-order valence-corrected chi connectivity index (χ0v) is 15.6. The summed E-state index contributed by atoms with van der Waals surface area (Å²) in [7, 11) is -2.72. The quantitative estimate of drug-likeness (QED) is 0.727. The minimum absolute atomic E-state index is 0.0450. The molecule has 0 saturated carbocycles. The molecule has 26 heavy (non-hydrogen) atoms. The van der Waals surface area contributed by atoms with E-state index in [1.54, 1.807) is 19.1 Å². The Morgan fingerprint density at radius 2 is 1.81 bits per heavy atom. The number of hydrogen-bond acceptors (Lipinski definition) is 5. The highest BCUT2D eigenvalue weighted by molar-refractivity contribution is 7.89. The Hall–Kier alpha value is -2.58. The smallest absolute Gasteiger partial charge is 0.340 e. The van der Waals surface area contributed by atoms with Crippen LogP contribution in [0.1, 0.15) is 40.6 Å². The average Bonchev–Trinajstić information content (AvgIpc) is 3.13. The molecule has 0 saturated heterocycles. The van der Waals surface area contributed by atoms with Crippen LogP contribution in [0.2, 0.25) is 0 Å². The van der Waals surface area contributed by atoms with Crippen LogP contribution in [0.25, 0.3) is 11.0 Å². The summed E-state index contributed by atoms with van der Waals surface area (Å²) in [5.74, 6) is -0.781. The summed E-state index contributed by atoms with van der Waals surface area (Å²) < 4.78 is 38.3. The predicted octanol–water partition coefficient (Wildman–Crippen LogP) is 3.72. The summed E-state index contributed by atoms with van der Waals surface area (Å²) in [5, 5.41) is 10.3. The number of aromatic carboxylic acids is 1. The number of nitrogens with zero attached hydrogens (tertiary/aromatic N) is 1. The Balaban J connectivity index is 2.06. The Bertz CT molecular complexity index is 1060. The number of carboxylic acid groups (broad SMARTS) is 1. The number of para-hydroxylation sites is 1. The van der Waals surface area contributed by atoms with Crippen LogP contribution in [-0.4, -0.2) is 30.8 Å². The van der Waals surface area contributed by atoms with Gasteiger partial charge in [-0.2, -0.15) is 4.31 Å². The summed E-state index contributed by atoms with van der Waals surface area (Å²) in [6.07, 6.45) is 0. The Labute approximate surface area is 150 Å². The van der Waals surface area contributed by atoms with Crippen molar-refractivity contribution in [1.82, 2.24) is 4.31 Å². The molecule has 2 heterocycles. The lowest BCUT2D eigenvalue weighted by Gasteiger charge is -2.22. The maximum absolute atomic E-state index is 13.1. The van der Waals surface area contributed by atoms with Crippen molar-refractivity contribution >= 4 is 27.0 Å². The maximum Gasteiger partial charge on any atom is 0.340 e. The molecule has 0 spiro atoms. The largest absolute Gasteiger partial charge is 0.478 e. The molecule has 8 heteroatoms. The molecule has 1 atom stereocenters. The lowest BCUT2D eigenvalue weighted by molar-refractivity contribution is 0.0691. The Morgan fingerprint density at radius 1 is 1.15 bits per heavy atom. The standard InChI is InChI=1S/C18H19NO6S/c1-10(15-9-13-7-5-6-8-14(13)25-15)19(4)26(22,23)17-12(3)24-11(2)16(17)18(20)21/h5-10H,1-4H3,(H,20,21). The van der Waals surface area contributed by atoms with E-state index in [0.29, 0.717) is 11.3 Å². The van der Waals surface area contributed by atoms with E-state index in [9.17, 15) is 18.3 Å². The van der Waals surface area contributed by atoms with Gasteiger partial charge in [-0.15, -0.1) is 0 Å². The molecule has 1 aromatic carbocycles. The van der Waals surface area contributed by atoms with Crippen molar-refractivity contribution in [2.24, 2.45) is 0 Å². The molecule has 0 fully saturated rings. The molecule has 0 aliphatic heterocycles. The third kappa shape index (κ3) is 2.81. The molecule has 1 unspecified atom stereocenters. The fraction of sp³-hybridized carbons (Fsp3) is 0.278. The number of carboxylic acids is 1. The van der Waals surface area contributed by atoms with E-state index >= 15 is 0 Å². The van der Waals surface area contributed by atoms with Crippen LogP contribution < -0.4 is 0 Å². The highest BCUT2D eigenvalue weighted by Gasteiger charge is 2.36. The van der Waals surface area contributed by atoms with Gasteiger partial charge < -0.3 is 13.9 Å². The maximum atomic E-state index is 13.1. The van der Waals surface area contributed by atoms with Crippen LogP contribution in [-0.2, 0) is 10.0 Å². The molecule has 2 aromatic heterocycles. The number of fused-ring (bicyclic) bond motifs is 1. The van der Waals surface area contributed by atoms with Gasteiger partial charge in [-0.25, -0.2) is 13.2 Å². The first-order valence-corrected chi connectivity index (χ1v) is 9.38. The summed E-state index contributed by atoms with van der Waals surface area (Å²) in [6, 6.07) is 8.50. The molecule has 3 rings (SSSR count). The number of carbonyl (C=O) groups is 1. The average molecular weight is 377 g/mol. The number of sulfonamides is 1. The summed E-state index contributed by atoms with van der Waals surface area (Å²) in [5.41, 5.74) is 0.313. The number of aryl methyl sites for hydroxylation is 2. The SMILES string of the molecule is Cc1oc(C)c(S(=O)(=O)N(C)C(C)c2cc3ccccc3o2)c1C(=O)O. The Morgan fingerprint density at radius 3 is 2.42 bits per heavy atom. The number of furan rings is 2. The normalized spacial score (nSPS) is 13.4. The van der Waals surface area contributed by atoms with E-state index in [-0.39, 0.29) is 22.0 Å². The van der Waals surface area contributed by atoms with Crippen molar-refractivity contribution in [1.29, 1.82) is 0 Å². The molecular weight excluding hydrogens is 358 g/mol. The van der Waals surface area contributed by atoms with Crippen molar-refractivity contribution in [2.45, 2.75) is 31.7 Å². The predicted molar refractivity (Wildman–Crippen MR) is 94.7 cm³/mol. The van der Waals surface area contributed by atoms with E-state index in [1.807, 2.05) is 18.2 Å². The van der Waals surface area contributed by atoms with Crippen molar-refractivity contribution in [3.05, 3.63) is 53.2 Å². The molecule has 0 aliphatic rings. The van der Waals surface area contributed by atoms with Crippen LogP contribution in [0.15, 0.2) is 44.1 Å². The lowest BCUT2D eigenvalue weighted by Crippen LogP contribution is -2.31. The first-order valence-electron chi connectivity index (χ1n) is 7.94. The minimum atomic E-state index is -4.11. The molecule has 0 amide bonds. The van der Waals surface area contributed by atoms with Crippen molar-refractivity contribution in [3.63, 3.8) is 0 Å². The zero-order valence-electron chi connectivity index (χ0n) is 14.8. The van der Waals surface area contributed by atoms with Gasteiger partial charge in [-0.1, -0.05) is 18.2 Å². The van der Waals surface area contributed by atoms with E-state index in [1.165, 1.54) is 20.9 Å². The highest BCUT2D eigenvalue weighted by Crippen LogP contribution is 2.34. The number of rotatable bonds is 5. The Kier molecular flexibility index (Phi) is 4.41. The molecule has 7 nitrogen and oxygen atoms in total. The van der Waals surface area contributed by atoms with Gasteiger partial charge in [0.2, 0.25) is 10.0 Å². The van der Waals surface area contributed by atoms with Gasteiger partial charge >= 0.3 is 5.97 Å². The number of hydrogen-bond donors (Lipinski definition) is 1. The van der Waals surface area contributed by atoms with Gasteiger partial charge in [0, 0.05) is 12.4 Å². The first kappa shape index (κ1) is 18.2. The van der Waals surface area contributed by atoms with Gasteiger partial charge in [0.15, 0.2) is 0 Å². The van der Waals surface area contributed by atoms with Gasteiger partial charge in [0.1, 0.15) is 33.3 Å². The van der Waals surface area contributed by atoms with Crippen LogP contribution >= 0.6 is 0 Å². The second-order valence-corrected chi connectivity index (χ2v) is 8.04. The van der Waals surface area contributed by atoms with Gasteiger partial charge in [0.05, 0.1) is 6.04 Å². The van der Waals surface area contributed by atoms with E-state index in [2.05, 4.69) is 0 Å². The van der Waals surface area contributed by atoms with Gasteiger partial charge in [0.25, 0.3) is 0 Å². The summed E-state index contributed by atoms with van der Waals surface area (Å²) >= 11 is 0. The van der Waals surface area contributed by atoms with Crippen molar-refractivity contribution < 1.29 is 27.2 Å². The first-order chi connectivity index (χ1) is 12.1. The fourth-order valence-electron chi connectivity index (χ4n) is 2.96. The van der Waals surface area contributed by atoms with Crippen molar-refractivity contribution in [3.8, 4) is 0 Å². The van der Waals surface area contributed by atoms with Crippen molar-refractivity contribution in [2.75, 3.05) is 7.05 Å². The summed E-state index contributed by atoms with van der Waals surface area (Å²) in [6.45, 7) is 4.54. The molecule has 3 aromatic rings. The third-order valence-electron chi connectivity index (χ3n) is 4.46. The topological polar surface area (TPSA) is 101 Å². The van der Waals surface area contributed by atoms with E-state index in [0.717, 1.165) is 9.69 Å². The molecule has 0 radical (unpaired) electrons. The molecule has 0 aliphatic carbocycles. The fourth-order valence-corrected chi connectivity index (χ4v) is 4.66. The van der Waals surface area contributed by atoms with Crippen LogP contribution in [0.3, 0.4) is 0 Å².